The Morgan fingerprint density at radius 2 is 1.61 bits per heavy atom. The minimum absolute atomic E-state index is 0.935. The van der Waals surface area contributed by atoms with Crippen LogP contribution in [0.4, 0.5) is 0 Å². The molecule has 0 aliphatic heterocycles. The molecule has 0 aliphatic rings. The second-order valence-corrected chi connectivity index (χ2v) is 5.32. The molecule has 0 amide bonds. The van der Waals surface area contributed by atoms with Gasteiger partial charge in [0.1, 0.15) is 11.2 Å². The highest BCUT2D eigenvalue weighted by Gasteiger charge is 2.10. The number of hydrogen-bond donors (Lipinski definition) is 0. The highest BCUT2D eigenvalue weighted by molar-refractivity contribution is 9.10. The Labute approximate surface area is 112 Å². The molecule has 1 heterocycles. The van der Waals surface area contributed by atoms with Gasteiger partial charge in [0.05, 0.1) is 0 Å². The highest BCUT2D eigenvalue weighted by Crippen LogP contribution is 2.35. The summed E-state index contributed by atoms with van der Waals surface area (Å²) < 4.78 is 6.97. The first-order chi connectivity index (χ1) is 8.83. The van der Waals surface area contributed by atoms with Crippen molar-refractivity contribution in [2.24, 2.45) is 0 Å². The van der Waals surface area contributed by atoms with Crippen molar-refractivity contribution >= 4 is 48.6 Å². The molecule has 86 valence electrons. The van der Waals surface area contributed by atoms with Crippen LogP contribution in [-0.4, -0.2) is 0 Å². The van der Waals surface area contributed by atoms with E-state index in [1.54, 1.807) is 0 Å². The Kier molecular flexibility index (Phi) is 2.03. The van der Waals surface area contributed by atoms with Crippen LogP contribution >= 0.6 is 15.9 Å². The largest absolute Gasteiger partial charge is 0.456 e. The zero-order valence-corrected chi connectivity index (χ0v) is 11.1. The van der Waals surface area contributed by atoms with Crippen molar-refractivity contribution in [3.8, 4) is 0 Å². The van der Waals surface area contributed by atoms with Gasteiger partial charge in [-0.3, -0.25) is 0 Å². The summed E-state index contributed by atoms with van der Waals surface area (Å²) in [7, 11) is 0. The van der Waals surface area contributed by atoms with Gasteiger partial charge in [-0.05, 0) is 35.0 Å². The van der Waals surface area contributed by atoms with Gasteiger partial charge in [0.2, 0.25) is 0 Å². The molecule has 0 spiro atoms. The summed E-state index contributed by atoms with van der Waals surface area (Å²) in [4.78, 5) is 0. The first-order valence-electron chi connectivity index (χ1n) is 5.82. The fourth-order valence-electron chi connectivity index (χ4n) is 2.52. The number of rotatable bonds is 0. The van der Waals surface area contributed by atoms with Gasteiger partial charge in [-0.25, -0.2) is 0 Å². The van der Waals surface area contributed by atoms with E-state index in [1.165, 1.54) is 16.2 Å². The van der Waals surface area contributed by atoms with Gasteiger partial charge in [-0.15, -0.1) is 0 Å². The van der Waals surface area contributed by atoms with Crippen molar-refractivity contribution in [1.82, 2.24) is 0 Å². The SMILES string of the molecule is Brc1ccc2oc3ccc4ccccc4c3c2c1. The van der Waals surface area contributed by atoms with E-state index in [0.717, 1.165) is 21.0 Å². The van der Waals surface area contributed by atoms with Gasteiger partial charge in [0.25, 0.3) is 0 Å². The standard InChI is InChI=1S/C16H9BrO/c17-11-6-8-14-13(9-11)16-12-4-2-1-3-10(12)5-7-15(16)18-14/h1-9H. The second kappa shape index (κ2) is 3.59. The quantitative estimate of drug-likeness (QED) is 0.417. The van der Waals surface area contributed by atoms with E-state index < -0.39 is 0 Å². The molecule has 0 atom stereocenters. The molecule has 1 aromatic heterocycles. The van der Waals surface area contributed by atoms with E-state index in [0.29, 0.717) is 0 Å². The molecular formula is C16H9BrO. The molecule has 0 aliphatic carbocycles. The summed E-state index contributed by atoms with van der Waals surface area (Å²) in [6, 6.07) is 18.7. The Hall–Kier alpha value is -1.80. The minimum atomic E-state index is 0.935. The molecule has 0 unspecified atom stereocenters. The average molecular weight is 297 g/mol. The summed E-state index contributed by atoms with van der Waals surface area (Å²) in [5, 5.41) is 4.85. The van der Waals surface area contributed by atoms with E-state index in [2.05, 4.69) is 52.3 Å². The van der Waals surface area contributed by atoms with Crippen LogP contribution in [0.2, 0.25) is 0 Å². The van der Waals surface area contributed by atoms with E-state index in [-0.39, 0.29) is 0 Å². The number of halogens is 1. The fourth-order valence-corrected chi connectivity index (χ4v) is 2.88. The van der Waals surface area contributed by atoms with Gasteiger partial charge >= 0.3 is 0 Å². The highest BCUT2D eigenvalue weighted by atomic mass is 79.9. The third-order valence-corrected chi connectivity index (χ3v) is 3.81. The maximum Gasteiger partial charge on any atom is 0.136 e. The smallest absolute Gasteiger partial charge is 0.136 e. The van der Waals surface area contributed by atoms with Crippen LogP contribution in [0.3, 0.4) is 0 Å². The zero-order chi connectivity index (χ0) is 12.1. The molecular weight excluding hydrogens is 288 g/mol. The third-order valence-electron chi connectivity index (χ3n) is 3.32. The fraction of sp³-hybridized carbons (Fsp3) is 0. The molecule has 2 heteroatoms. The lowest BCUT2D eigenvalue weighted by Gasteiger charge is -1.98. The van der Waals surface area contributed by atoms with Crippen LogP contribution in [-0.2, 0) is 0 Å². The minimum Gasteiger partial charge on any atom is -0.456 e. The number of fused-ring (bicyclic) bond motifs is 5. The lowest BCUT2D eigenvalue weighted by Crippen LogP contribution is -1.73. The molecule has 4 aromatic rings. The van der Waals surface area contributed by atoms with Crippen LogP contribution in [0, 0.1) is 0 Å². The summed E-state index contributed by atoms with van der Waals surface area (Å²) in [5.41, 5.74) is 1.88. The Morgan fingerprint density at radius 1 is 0.778 bits per heavy atom. The first-order valence-corrected chi connectivity index (χ1v) is 6.62. The lowest BCUT2D eigenvalue weighted by molar-refractivity contribution is 0.669. The van der Waals surface area contributed by atoms with Gasteiger partial charge in [-0.1, -0.05) is 46.3 Å². The topological polar surface area (TPSA) is 13.1 Å². The number of benzene rings is 3. The molecule has 0 radical (unpaired) electrons. The Bertz CT molecular complexity index is 889. The molecule has 3 aromatic carbocycles. The van der Waals surface area contributed by atoms with Crippen LogP contribution in [0.25, 0.3) is 32.7 Å². The summed E-state index contributed by atoms with van der Waals surface area (Å²) in [5.74, 6) is 0. The van der Waals surface area contributed by atoms with Crippen molar-refractivity contribution in [2.45, 2.75) is 0 Å². The van der Waals surface area contributed by atoms with Gasteiger partial charge in [-0.2, -0.15) is 0 Å². The summed E-state index contributed by atoms with van der Waals surface area (Å²) in [6.45, 7) is 0. The van der Waals surface area contributed by atoms with Gasteiger partial charge < -0.3 is 4.42 Å². The van der Waals surface area contributed by atoms with Crippen molar-refractivity contribution in [1.29, 1.82) is 0 Å². The summed E-state index contributed by atoms with van der Waals surface area (Å²) >= 11 is 3.53. The van der Waals surface area contributed by atoms with E-state index in [4.69, 9.17) is 4.42 Å². The molecule has 1 nitrogen and oxygen atoms in total. The molecule has 0 fully saturated rings. The molecule has 0 N–H and O–H groups in total. The number of hydrogen-bond acceptors (Lipinski definition) is 1. The third kappa shape index (κ3) is 1.33. The molecule has 0 saturated heterocycles. The predicted octanol–water partition coefficient (Wildman–Crippen LogP) is 5.50. The van der Waals surface area contributed by atoms with Gasteiger partial charge in [0, 0.05) is 15.2 Å². The summed E-state index contributed by atoms with van der Waals surface area (Å²) in [6.07, 6.45) is 0. The van der Waals surface area contributed by atoms with E-state index in [9.17, 15) is 0 Å². The Morgan fingerprint density at radius 3 is 2.56 bits per heavy atom. The maximum atomic E-state index is 5.89. The van der Waals surface area contributed by atoms with Gasteiger partial charge in [0.15, 0.2) is 0 Å². The van der Waals surface area contributed by atoms with Crippen molar-refractivity contribution in [3.05, 3.63) is 59.1 Å². The van der Waals surface area contributed by atoms with E-state index in [1.807, 2.05) is 18.2 Å². The zero-order valence-electron chi connectivity index (χ0n) is 9.48. The van der Waals surface area contributed by atoms with Crippen molar-refractivity contribution in [3.63, 3.8) is 0 Å². The number of furan rings is 1. The van der Waals surface area contributed by atoms with Crippen LogP contribution < -0.4 is 0 Å². The first kappa shape index (κ1) is 10.2. The Balaban J connectivity index is 2.35. The molecule has 0 saturated carbocycles. The van der Waals surface area contributed by atoms with Crippen LogP contribution in [0.1, 0.15) is 0 Å². The van der Waals surface area contributed by atoms with Crippen molar-refractivity contribution in [2.75, 3.05) is 0 Å². The maximum absolute atomic E-state index is 5.89. The van der Waals surface area contributed by atoms with Crippen LogP contribution in [0.15, 0.2) is 63.5 Å². The monoisotopic (exact) mass is 296 g/mol. The predicted molar refractivity (Wildman–Crippen MR) is 78.9 cm³/mol. The molecule has 4 rings (SSSR count). The molecule has 0 bridgehead atoms. The molecule has 18 heavy (non-hydrogen) atoms. The second-order valence-electron chi connectivity index (χ2n) is 4.40. The lowest BCUT2D eigenvalue weighted by atomic mass is 10.0. The van der Waals surface area contributed by atoms with Crippen LogP contribution in [0.5, 0.6) is 0 Å². The average Bonchev–Trinajstić information content (AvgIpc) is 2.77. The van der Waals surface area contributed by atoms with Crippen molar-refractivity contribution < 1.29 is 4.42 Å². The van der Waals surface area contributed by atoms with E-state index >= 15 is 0 Å². The normalized spacial score (nSPS) is 11.6.